The zero-order valence-corrected chi connectivity index (χ0v) is 17.6. The van der Waals surface area contributed by atoms with Crippen LogP contribution >= 0.6 is 11.6 Å². The van der Waals surface area contributed by atoms with E-state index in [9.17, 15) is 21.2 Å². The number of nitrogens with one attached hydrogen (secondary N) is 2. The molecule has 0 aliphatic heterocycles. The van der Waals surface area contributed by atoms with E-state index < -0.39 is 31.6 Å². The van der Waals surface area contributed by atoms with Gasteiger partial charge < -0.3 is 4.74 Å². The maximum atomic E-state index is 13.5. The van der Waals surface area contributed by atoms with Crippen molar-refractivity contribution < 1.29 is 26.0 Å². The summed E-state index contributed by atoms with van der Waals surface area (Å²) in [6, 6.07) is 8.13. The van der Waals surface area contributed by atoms with Crippen molar-refractivity contribution in [3.05, 3.63) is 58.4 Å². The lowest BCUT2D eigenvalue weighted by atomic mass is 10.2. The number of benzene rings is 2. The van der Waals surface area contributed by atoms with Crippen LogP contribution in [-0.2, 0) is 31.4 Å². The lowest BCUT2D eigenvalue weighted by Crippen LogP contribution is -2.31. The van der Waals surface area contributed by atoms with Crippen LogP contribution in [0.3, 0.4) is 0 Å². The average molecular weight is 451 g/mol. The molecular formula is C17H20ClFN2O5S2. The number of anilines is 1. The largest absolute Gasteiger partial charge is 0.380 e. The summed E-state index contributed by atoms with van der Waals surface area (Å²) in [5.41, 5.74) is 1.00. The number of hydrogen-bond acceptors (Lipinski definition) is 5. The highest BCUT2D eigenvalue weighted by Gasteiger charge is 2.18. The van der Waals surface area contributed by atoms with Crippen LogP contribution in [0.4, 0.5) is 10.1 Å². The average Bonchev–Trinajstić information content (AvgIpc) is 2.57. The highest BCUT2D eigenvalue weighted by atomic mass is 35.5. The number of ether oxygens (including phenoxy) is 1. The smallest absolute Gasteiger partial charge is 0.240 e. The molecule has 2 rings (SSSR count). The molecule has 7 nitrogen and oxygen atoms in total. The maximum Gasteiger partial charge on any atom is 0.240 e. The van der Waals surface area contributed by atoms with E-state index in [-0.39, 0.29) is 28.8 Å². The van der Waals surface area contributed by atoms with Crippen molar-refractivity contribution in [3.63, 3.8) is 0 Å². The molecule has 2 aromatic carbocycles. The van der Waals surface area contributed by atoms with Gasteiger partial charge in [-0.1, -0.05) is 17.7 Å². The van der Waals surface area contributed by atoms with E-state index in [1.807, 2.05) is 0 Å². The van der Waals surface area contributed by atoms with Crippen molar-refractivity contribution in [2.45, 2.75) is 18.4 Å². The van der Waals surface area contributed by atoms with Crippen LogP contribution in [0.15, 0.2) is 41.3 Å². The SMILES string of the molecule is COCc1cc(Cl)cc(S(=O)(=O)NCCS(=O)(=O)Nc2ccc(C)c(F)c2)c1. The summed E-state index contributed by atoms with van der Waals surface area (Å²) < 4.78 is 71.9. The molecule has 0 atom stereocenters. The topological polar surface area (TPSA) is 102 Å². The lowest BCUT2D eigenvalue weighted by molar-refractivity contribution is 0.184. The van der Waals surface area contributed by atoms with E-state index >= 15 is 0 Å². The maximum absolute atomic E-state index is 13.5. The van der Waals surface area contributed by atoms with Gasteiger partial charge in [-0.05, 0) is 48.4 Å². The Morgan fingerprint density at radius 3 is 2.46 bits per heavy atom. The van der Waals surface area contributed by atoms with E-state index in [4.69, 9.17) is 16.3 Å². The Morgan fingerprint density at radius 1 is 1.11 bits per heavy atom. The molecular weight excluding hydrogens is 431 g/mol. The molecule has 0 aromatic heterocycles. The molecule has 0 aliphatic rings. The second-order valence-corrected chi connectivity index (χ2v) is 10.1. The van der Waals surface area contributed by atoms with Crippen LogP contribution in [0, 0.1) is 12.7 Å². The van der Waals surface area contributed by atoms with Gasteiger partial charge in [-0.25, -0.2) is 25.9 Å². The Kier molecular flexibility index (Phi) is 7.40. The third kappa shape index (κ3) is 6.42. The van der Waals surface area contributed by atoms with E-state index in [0.717, 1.165) is 6.07 Å². The fourth-order valence-corrected chi connectivity index (χ4v) is 4.84. The first kappa shape index (κ1) is 22.6. The number of sulfonamides is 2. The van der Waals surface area contributed by atoms with E-state index in [1.54, 1.807) is 13.0 Å². The summed E-state index contributed by atoms with van der Waals surface area (Å²) in [5.74, 6) is -1.08. The summed E-state index contributed by atoms with van der Waals surface area (Å²) in [6.45, 7) is 1.35. The van der Waals surface area contributed by atoms with E-state index in [1.165, 1.54) is 31.4 Å². The second-order valence-electron chi connectivity index (χ2n) is 6.01. The molecule has 28 heavy (non-hydrogen) atoms. The summed E-state index contributed by atoms with van der Waals surface area (Å²) in [6.07, 6.45) is 0. The van der Waals surface area contributed by atoms with Crippen molar-refractivity contribution in [1.82, 2.24) is 4.72 Å². The van der Waals surface area contributed by atoms with Gasteiger partial charge in [0.15, 0.2) is 0 Å². The first-order valence-electron chi connectivity index (χ1n) is 8.07. The molecule has 0 amide bonds. The Hall–Kier alpha value is -1.72. The van der Waals surface area contributed by atoms with Gasteiger partial charge in [0.1, 0.15) is 5.82 Å². The number of hydrogen-bond donors (Lipinski definition) is 2. The van der Waals surface area contributed by atoms with Crippen LogP contribution in [-0.4, -0.2) is 36.2 Å². The van der Waals surface area contributed by atoms with E-state index in [0.29, 0.717) is 11.1 Å². The molecule has 0 saturated carbocycles. The molecule has 0 heterocycles. The third-order valence-corrected chi connectivity index (χ3v) is 6.61. The van der Waals surface area contributed by atoms with Crippen LogP contribution < -0.4 is 9.44 Å². The summed E-state index contributed by atoms with van der Waals surface area (Å²) >= 11 is 5.93. The van der Waals surface area contributed by atoms with Gasteiger partial charge in [0, 0.05) is 18.7 Å². The fraction of sp³-hybridized carbons (Fsp3) is 0.294. The summed E-state index contributed by atoms with van der Waals surface area (Å²) in [5, 5.41) is 0.214. The number of rotatable bonds is 9. The quantitative estimate of drug-likeness (QED) is 0.611. The minimum atomic E-state index is -3.97. The van der Waals surface area contributed by atoms with Crippen molar-refractivity contribution in [1.29, 1.82) is 0 Å². The molecule has 11 heteroatoms. The Balaban J connectivity index is 2.03. The van der Waals surface area contributed by atoms with Crippen molar-refractivity contribution in [2.24, 2.45) is 0 Å². The molecule has 0 aliphatic carbocycles. The predicted octanol–water partition coefficient (Wildman–Crippen LogP) is 2.65. The molecule has 154 valence electrons. The monoisotopic (exact) mass is 450 g/mol. The van der Waals surface area contributed by atoms with Crippen LogP contribution in [0.5, 0.6) is 0 Å². The van der Waals surface area contributed by atoms with Crippen molar-refractivity contribution in [2.75, 3.05) is 24.1 Å². The molecule has 0 spiro atoms. The van der Waals surface area contributed by atoms with Crippen molar-refractivity contribution in [3.8, 4) is 0 Å². The van der Waals surface area contributed by atoms with E-state index in [2.05, 4.69) is 9.44 Å². The number of aryl methyl sites for hydroxylation is 1. The second kappa shape index (κ2) is 9.19. The molecule has 0 bridgehead atoms. The molecule has 0 fully saturated rings. The minimum absolute atomic E-state index is 0.0602. The molecule has 2 N–H and O–H groups in total. The molecule has 0 unspecified atom stereocenters. The predicted molar refractivity (Wildman–Crippen MR) is 106 cm³/mol. The fourth-order valence-electron chi connectivity index (χ4n) is 2.31. The third-order valence-electron chi connectivity index (χ3n) is 3.66. The highest BCUT2D eigenvalue weighted by Crippen LogP contribution is 2.20. The standard InChI is InChI=1S/C17H20ClFN2O5S2/c1-12-3-4-15(10-17(12)19)21-27(22,23)6-5-20-28(24,25)16-8-13(11-26-2)7-14(18)9-16/h3-4,7-10,20-21H,5-6,11H2,1-2H3. The Labute approximate surface area is 169 Å². The highest BCUT2D eigenvalue weighted by molar-refractivity contribution is 7.92. The molecule has 2 aromatic rings. The van der Waals surface area contributed by atoms with Crippen LogP contribution in [0.25, 0.3) is 0 Å². The van der Waals surface area contributed by atoms with Gasteiger partial charge in [0.25, 0.3) is 0 Å². The van der Waals surface area contributed by atoms with Gasteiger partial charge in [-0.2, -0.15) is 0 Å². The lowest BCUT2D eigenvalue weighted by Gasteiger charge is -2.11. The zero-order chi connectivity index (χ0) is 20.9. The minimum Gasteiger partial charge on any atom is -0.380 e. The van der Waals surface area contributed by atoms with Gasteiger partial charge in [-0.3, -0.25) is 4.72 Å². The first-order chi connectivity index (χ1) is 13.0. The van der Waals surface area contributed by atoms with Gasteiger partial charge in [-0.15, -0.1) is 0 Å². The Bertz CT molecular complexity index is 1060. The zero-order valence-electron chi connectivity index (χ0n) is 15.2. The summed E-state index contributed by atoms with van der Waals surface area (Å²) in [7, 11) is -6.39. The van der Waals surface area contributed by atoms with Crippen LogP contribution in [0.2, 0.25) is 5.02 Å². The van der Waals surface area contributed by atoms with Crippen LogP contribution in [0.1, 0.15) is 11.1 Å². The molecule has 0 saturated heterocycles. The summed E-state index contributed by atoms with van der Waals surface area (Å²) in [4.78, 5) is -0.0991. The van der Waals surface area contributed by atoms with Gasteiger partial charge in [0.2, 0.25) is 20.0 Å². The Morgan fingerprint density at radius 2 is 1.82 bits per heavy atom. The van der Waals surface area contributed by atoms with Crippen molar-refractivity contribution >= 4 is 37.3 Å². The van der Waals surface area contributed by atoms with Gasteiger partial charge >= 0.3 is 0 Å². The number of methoxy groups -OCH3 is 1. The normalized spacial score (nSPS) is 12.1. The first-order valence-corrected chi connectivity index (χ1v) is 11.6. The molecule has 0 radical (unpaired) electrons. The number of halogens is 2. The van der Waals surface area contributed by atoms with Gasteiger partial charge in [0.05, 0.1) is 22.9 Å².